The van der Waals surface area contributed by atoms with Gasteiger partial charge >= 0.3 is 5.97 Å². The van der Waals surface area contributed by atoms with Crippen molar-refractivity contribution in [1.29, 1.82) is 0 Å². The molecule has 1 aliphatic heterocycles. The summed E-state index contributed by atoms with van der Waals surface area (Å²) in [6, 6.07) is 0.290. The highest BCUT2D eigenvalue weighted by Gasteiger charge is 2.41. The molecular weight excluding hydrogens is 230 g/mol. The largest absolute Gasteiger partial charge is 0.481 e. The van der Waals surface area contributed by atoms with E-state index in [4.69, 9.17) is 0 Å². The van der Waals surface area contributed by atoms with E-state index in [1.165, 1.54) is 0 Å². The second-order valence-electron chi connectivity index (χ2n) is 6.33. The molecule has 4 nitrogen and oxygen atoms in total. The molecule has 0 amide bonds. The molecule has 1 aliphatic carbocycles. The average Bonchev–Trinajstić information content (AvgIpc) is 2.86. The molecular formula is C14H23NO3. The zero-order chi connectivity index (χ0) is 13.3. The van der Waals surface area contributed by atoms with Crippen molar-refractivity contribution in [3.05, 3.63) is 0 Å². The second-order valence-corrected chi connectivity index (χ2v) is 6.33. The van der Waals surface area contributed by atoms with Gasteiger partial charge in [0, 0.05) is 24.9 Å². The summed E-state index contributed by atoms with van der Waals surface area (Å²) in [4.78, 5) is 25.3. The van der Waals surface area contributed by atoms with Gasteiger partial charge in [0.1, 0.15) is 5.78 Å². The Labute approximate surface area is 108 Å². The molecule has 2 fully saturated rings. The van der Waals surface area contributed by atoms with Crippen LogP contribution in [0, 0.1) is 11.3 Å². The highest BCUT2D eigenvalue weighted by Crippen LogP contribution is 2.34. The summed E-state index contributed by atoms with van der Waals surface area (Å²) < 4.78 is 0. The molecule has 102 valence electrons. The van der Waals surface area contributed by atoms with Crippen molar-refractivity contribution in [3.63, 3.8) is 0 Å². The topological polar surface area (TPSA) is 57.6 Å². The van der Waals surface area contributed by atoms with Gasteiger partial charge in [0.25, 0.3) is 0 Å². The molecule has 2 aliphatic rings. The Morgan fingerprint density at radius 3 is 2.67 bits per heavy atom. The van der Waals surface area contributed by atoms with Crippen LogP contribution in [-0.4, -0.2) is 40.9 Å². The number of carboxylic acid groups (broad SMARTS) is 1. The van der Waals surface area contributed by atoms with Crippen LogP contribution in [0.15, 0.2) is 0 Å². The van der Waals surface area contributed by atoms with Crippen molar-refractivity contribution >= 4 is 11.8 Å². The van der Waals surface area contributed by atoms with Gasteiger partial charge in [0.2, 0.25) is 0 Å². The van der Waals surface area contributed by atoms with Gasteiger partial charge in [-0.2, -0.15) is 0 Å². The molecule has 1 saturated heterocycles. The van der Waals surface area contributed by atoms with E-state index in [9.17, 15) is 14.7 Å². The summed E-state index contributed by atoms with van der Waals surface area (Å²) in [5.74, 6) is -0.206. The van der Waals surface area contributed by atoms with E-state index in [1.807, 2.05) is 0 Å². The highest BCUT2D eigenvalue weighted by molar-refractivity contribution is 5.83. The summed E-state index contributed by atoms with van der Waals surface area (Å²) in [5, 5.41) is 9.21. The minimum absolute atomic E-state index is 0.164. The minimum Gasteiger partial charge on any atom is -0.481 e. The minimum atomic E-state index is -0.758. The van der Waals surface area contributed by atoms with Gasteiger partial charge in [0.15, 0.2) is 0 Å². The van der Waals surface area contributed by atoms with Crippen LogP contribution in [0.3, 0.4) is 0 Å². The molecule has 4 heteroatoms. The van der Waals surface area contributed by atoms with Gasteiger partial charge in [-0.1, -0.05) is 0 Å². The van der Waals surface area contributed by atoms with Crippen molar-refractivity contribution in [2.75, 3.05) is 13.1 Å². The maximum Gasteiger partial charge on any atom is 0.310 e. The smallest absolute Gasteiger partial charge is 0.310 e. The first kappa shape index (κ1) is 13.5. The fraction of sp³-hybridized carbons (Fsp3) is 0.857. The van der Waals surface area contributed by atoms with Crippen molar-refractivity contribution < 1.29 is 14.7 Å². The molecule has 0 spiro atoms. The molecule has 0 aromatic carbocycles. The maximum absolute atomic E-state index is 11.9. The molecule has 2 rings (SSSR count). The van der Waals surface area contributed by atoms with E-state index in [-0.39, 0.29) is 5.92 Å². The number of likely N-dealkylation sites (tertiary alicyclic amines) is 1. The molecule has 2 unspecified atom stereocenters. The van der Waals surface area contributed by atoms with Crippen molar-refractivity contribution in [3.8, 4) is 0 Å². The van der Waals surface area contributed by atoms with Crippen LogP contribution in [0.25, 0.3) is 0 Å². The average molecular weight is 253 g/mol. The number of ketones is 1. The number of carbonyl (C=O) groups is 2. The first-order chi connectivity index (χ1) is 8.42. The van der Waals surface area contributed by atoms with Crippen molar-refractivity contribution in [2.24, 2.45) is 11.3 Å². The fourth-order valence-corrected chi connectivity index (χ4v) is 3.33. The molecule has 1 N–H and O–H groups in total. The van der Waals surface area contributed by atoms with Crippen LogP contribution in [0.2, 0.25) is 0 Å². The first-order valence-electron chi connectivity index (χ1n) is 6.92. The Balaban J connectivity index is 2.04. The van der Waals surface area contributed by atoms with Gasteiger partial charge in [-0.15, -0.1) is 0 Å². The van der Waals surface area contributed by atoms with E-state index >= 15 is 0 Å². The zero-order valence-electron chi connectivity index (χ0n) is 11.3. The monoisotopic (exact) mass is 253 g/mol. The summed E-state index contributed by atoms with van der Waals surface area (Å²) in [6.07, 6.45) is 4.86. The van der Waals surface area contributed by atoms with Crippen LogP contribution in [0.1, 0.15) is 46.0 Å². The summed E-state index contributed by atoms with van der Waals surface area (Å²) in [5.41, 5.74) is -0.732. The lowest BCUT2D eigenvalue weighted by Gasteiger charge is -2.33. The third-order valence-electron chi connectivity index (χ3n) is 4.41. The van der Waals surface area contributed by atoms with E-state index < -0.39 is 11.4 Å². The lowest BCUT2D eigenvalue weighted by Crippen LogP contribution is -2.45. The second kappa shape index (κ2) is 5.00. The Hall–Kier alpha value is -0.900. The third kappa shape index (κ3) is 2.58. The molecule has 2 atom stereocenters. The number of rotatable bonds is 4. The number of carbonyl (C=O) groups excluding carboxylic acids is 1. The molecule has 18 heavy (non-hydrogen) atoms. The maximum atomic E-state index is 11.9. The Morgan fingerprint density at radius 1 is 1.39 bits per heavy atom. The number of hydrogen-bond acceptors (Lipinski definition) is 3. The van der Waals surface area contributed by atoms with Crippen molar-refractivity contribution in [2.45, 2.75) is 52.0 Å². The SMILES string of the molecule is CC(C)(CN1CCCC1C1CCCC1=O)C(=O)O. The number of hydrogen-bond donors (Lipinski definition) is 1. The summed E-state index contributed by atoms with van der Waals surface area (Å²) in [7, 11) is 0. The normalized spacial score (nSPS) is 30.0. The zero-order valence-corrected chi connectivity index (χ0v) is 11.3. The van der Waals surface area contributed by atoms with Gasteiger partial charge in [-0.25, -0.2) is 0 Å². The van der Waals surface area contributed by atoms with Crippen LogP contribution in [0.4, 0.5) is 0 Å². The van der Waals surface area contributed by atoms with Gasteiger partial charge in [0.05, 0.1) is 5.41 Å². The standard InChI is InChI=1S/C14H23NO3/c1-14(2,13(17)18)9-15-8-4-6-11(15)10-5-3-7-12(10)16/h10-11H,3-9H2,1-2H3,(H,17,18). The fourth-order valence-electron chi connectivity index (χ4n) is 3.33. The van der Waals surface area contributed by atoms with Crippen LogP contribution < -0.4 is 0 Å². The van der Waals surface area contributed by atoms with E-state index in [2.05, 4.69) is 4.90 Å². The van der Waals surface area contributed by atoms with E-state index in [1.54, 1.807) is 13.8 Å². The lowest BCUT2D eigenvalue weighted by atomic mass is 9.90. The third-order valence-corrected chi connectivity index (χ3v) is 4.41. The predicted molar refractivity (Wildman–Crippen MR) is 68.4 cm³/mol. The number of Topliss-reactive ketones (excluding diaryl/α,β-unsaturated/α-hetero) is 1. The molecule has 1 heterocycles. The quantitative estimate of drug-likeness (QED) is 0.831. The Bertz CT molecular complexity index is 351. The summed E-state index contributed by atoms with van der Waals surface area (Å²) >= 11 is 0. The summed E-state index contributed by atoms with van der Waals surface area (Å²) in [6.45, 7) is 5.02. The molecule has 0 radical (unpaired) electrons. The van der Waals surface area contributed by atoms with Gasteiger partial charge < -0.3 is 5.11 Å². The molecule has 0 bridgehead atoms. The number of nitrogens with zero attached hydrogens (tertiary/aromatic N) is 1. The van der Waals surface area contributed by atoms with Crippen LogP contribution in [-0.2, 0) is 9.59 Å². The predicted octanol–water partition coefficient (Wildman–Crippen LogP) is 1.93. The van der Waals surface area contributed by atoms with Crippen LogP contribution >= 0.6 is 0 Å². The Morgan fingerprint density at radius 2 is 2.11 bits per heavy atom. The molecule has 0 aromatic rings. The number of aliphatic carboxylic acids is 1. The lowest BCUT2D eigenvalue weighted by molar-refractivity contribution is -0.148. The van der Waals surface area contributed by atoms with Gasteiger partial charge in [-0.05, 0) is 46.1 Å². The Kier molecular flexibility index (Phi) is 3.76. The highest BCUT2D eigenvalue weighted by atomic mass is 16.4. The van der Waals surface area contributed by atoms with Crippen molar-refractivity contribution in [1.82, 2.24) is 4.90 Å². The number of carboxylic acids is 1. The van der Waals surface area contributed by atoms with Gasteiger partial charge in [-0.3, -0.25) is 14.5 Å². The molecule has 1 saturated carbocycles. The van der Waals surface area contributed by atoms with Crippen LogP contribution in [0.5, 0.6) is 0 Å². The molecule has 0 aromatic heterocycles. The van der Waals surface area contributed by atoms with E-state index in [0.717, 1.165) is 38.6 Å². The first-order valence-corrected chi connectivity index (χ1v) is 6.92. The van der Waals surface area contributed by atoms with E-state index in [0.29, 0.717) is 18.4 Å².